The first-order valence-corrected chi connectivity index (χ1v) is 8.60. The lowest BCUT2D eigenvalue weighted by Gasteiger charge is -2.18. The van der Waals surface area contributed by atoms with E-state index < -0.39 is 9.84 Å². The summed E-state index contributed by atoms with van der Waals surface area (Å²) in [5.41, 5.74) is 0.933. The minimum Gasteiger partial charge on any atom is -0.492 e. The lowest BCUT2D eigenvalue weighted by molar-refractivity contribution is 0.333. The smallest absolute Gasteiger partial charge is 0.150 e. The summed E-state index contributed by atoms with van der Waals surface area (Å²) in [6, 6.07) is 5.44. The fraction of sp³-hybridized carbons (Fsp3) is 0.538. The van der Waals surface area contributed by atoms with E-state index >= 15 is 0 Å². The van der Waals surface area contributed by atoms with Crippen LogP contribution in [0, 0.1) is 0 Å². The van der Waals surface area contributed by atoms with Crippen molar-refractivity contribution in [2.24, 2.45) is 0 Å². The molecule has 19 heavy (non-hydrogen) atoms. The molecule has 1 atom stereocenters. The molecule has 0 bridgehead atoms. The number of hydrogen-bond donors (Lipinski definition) is 1. The first-order valence-electron chi connectivity index (χ1n) is 6.17. The fourth-order valence-corrected chi connectivity index (χ4v) is 2.27. The molecule has 108 valence electrons. The minimum atomic E-state index is -3.01. The van der Waals surface area contributed by atoms with Crippen LogP contribution in [0.4, 0.5) is 0 Å². The molecule has 0 aliphatic heterocycles. The van der Waals surface area contributed by atoms with Crippen LogP contribution in [0.5, 0.6) is 5.75 Å². The van der Waals surface area contributed by atoms with Crippen molar-refractivity contribution in [3.8, 4) is 5.75 Å². The van der Waals surface area contributed by atoms with Gasteiger partial charge in [0.2, 0.25) is 0 Å². The Morgan fingerprint density at radius 1 is 1.42 bits per heavy atom. The lowest BCUT2D eigenvalue weighted by atomic mass is 10.1. The van der Waals surface area contributed by atoms with Crippen LogP contribution in [0.15, 0.2) is 18.2 Å². The highest BCUT2D eigenvalue weighted by Crippen LogP contribution is 2.28. The highest BCUT2D eigenvalue weighted by Gasteiger charge is 2.12. The molecule has 1 N–H and O–H groups in total. The molecule has 0 aliphatic rings. The van der Waals surface area contributed by atoms with Crippen LogP contribution in [0.2, 0.25) is 5.02 Å². The van der Waals surface area contributed by atoms with E-state index in [-0.39, 0.29) is 18.4 Å². The van der Waals surface area contributed by atoms with Gasteiger partial charge in [-0.15, -0.1) is 0 Å². The average Bonchev–Trinajstić information content (AvgIpc) is 2.29. The Labute approximate surface area is 120 Å². The van der Waals surface area contributed by atoms with Crippen molar-refractivity contribution in [1.82, 2.24) is 5.32 Å². The maximum Gasteiger partial charge on any atom is 0.150 e. The Kier molecular flexibility index (Phi) is 6.10. The monoisotopic (exact) mass is 305 g/mol. The van der Waals surface area contributed by atoms with Crippen LogP contribution in [0.3, 0.4) is 0 Å². The molecule has 0 amide bonds. The van der Waals surface area contributed by atoms with E-state index in [1.54, 1.807) is 12.1 Å². The predicted molar refractivity (Wildman–Crippen MR) is 78.7 cm³/mol. The third kappa shape index (κ3) is 5.80. The number of sulfone groups is 1. The maximum absolute atomic E-state index is 11.1. The lowest BCUT2D eigenvalue weighted by Crippen LogP contribution is -2.19. The normalized spacial score (nSPS) is 13.3. The molecule has 1 unspecified atom stereocenters. The standard InChI is InChI=1S/C13H20ClNO3S/c1-4-15-10(2)12-9-11(14)5-6-13(12)18-7-8-19(3,16)17/h5-6,9-10,15H,4,7-8H2,1-3H3. The van der Waals surface area contributed by atoms with Gasteiger partial charge in [0.25, 0.3) is 0 Å². The second-order valence-corrected chi connectivity index (χ2v) is 7.14. The number of nitrogens with one attached hydrogen (secondary N) is 1. The van der Waals surface area contributed by atoms with Gasteiger partial charge in [0.1, 0.15) is 12.4 Å². The van der Waals surface area contributed by atoms with E-state index in [0.29, 0.717) is 10.8 Å². The van der Waals surface area contributed by atoms with E-state index in [1.165, 1.54) is 6.26 Å². The Morgan fingerprint density at radius 2 is 2.11 bits per heavy atom. The van der Waals surface area contributed by atoms with Crippen molar-refractivity contribution in [1.29, 1.82) is 0 Å². The number of halogens is 1. The van der Waals surface area contributed by atoms with Crippen molar-refractivity contribution < 1.29 is 13.2 Å². The Hall–Kier alpha value is -0.780. The van der Waals surface area contributed by atoms with Crippen LogP contribution in [0.1, 0.15) is 25.5 Å². The Balaban J connectivity index is 2.81. The molecular formula is C13H20ClNO3S. The van der Waals surface area contributed by atoms with Gasteiger partial charge in [0, 0.05) is 22.9 Å². The van der Waals surface area contributed by atoms with Gasteiger partial charge < -0.3 is 10.1 Å². The summed E-state index contributed by atoms with van der Waals surface area (Å²) in [6.45, 7) is 5.01. The summed E-state index contributed by atoms with van der Waals surface area (Å²) in [5, 5.41) is 3.91. The molecule has 0 radical (unpaired) electrons. The van der Waals surface area contributed by atoms with Gasteiger partial charge in [-0.05, 0) is 31.7 Å². The van der Waals surface area contributed by atoms with Gasteiger partial charge in [-0.25, -0.2) is 8.42 Å². The molecule has 0 fully saturated rings. The molecule has 0 heterocycles. The van der Waals surface area contributed by atoms with Crippen molar-refractivity contribution >= 4 is 21.4 Å². The number of hydrogen-bond acceptors (Lipinski definition) is 4. The quantitative estimate of drug-likeness (QED) is 0.840. The van der Waals surface area contributed by atoms with Crippen molar-refractivity contribution in [3.63, 3.8) is 0 Å². The number of rotatable bonds is 7. The van der Waals surface area contributed by atoms with E-state index in [4.69, 9.17) is 16.3 Å². The highest BCUT2D eigenvalue weighted by atomic mass is 35.5. The molecular weight excluding hydrogens is 286 g/mol. The second-order valence-electron chi connectivity index (χ2n) is 4.44. The first-order chi connectivity index (χ1) is 8.83. The van der Waals surface area contributed by atoms with Crippen LogP contribution in [-0.4, -0.2) is 33.6 Å². The van der Waals surface area contributed by atoms with Crippen LogP contribution < -0.4 is 10.1 Å². The van der Waals surface area contributed by atoms with Crippen LogP contribution in [-0.2, 0) is 9.84 Å². The fourth-order valence-electron chi connectivity index (χ4n) is 1.71. The van der Waals surface area contributed by atoms with Gasteiger partial charge in [-0.1, -0.05) is 18.5 Å². The molecule has 4 nitrogen and oxygen atoms in total. The van der Waals surface area contributed by atoms with Crippen molar-refractivity contribution in [2.75, 3.05) is 25.2 Å². The number of benzene rings is 1. The molecule has 0 aliphatic carbocycles. The number of ether oxygens (including phenoxy) is 1. The van der Waals surface area contributed by atoms with Crippen LogP contribution >= 0.6 is 11.6 Å². The molecule has 1 rings (SSSR count). The Bertz CT molecular complexity index is 517. The largest absolute Gasteiger partial charge is 0.492 e. The van der Waals surface area contributed by atoms with Crippen LogP contribution in [0.25, 0.3) is 0 Å². The van der Waals surface area contributed by atoms with Gasteiger partial charge in [-0.2, -0.15) is 0 Å². The second kappa shape index (κ2) is 7.12. The van der Waals surface area contributed by atoms with Gasteiger partial charge >= 0.3 is 0 Å². The third-order valence-corrected chi connectivity index (χ3v) is 3.80. The maximum atomic E-state index is 11.1. The predicted octanol–water partition coefficient (Wildman–Crippen LogP) is 2.43. The van der Waals surface area contributed by atoms with E-state index in [9.17, 15) is 8.42 Å². The average molecular weight is 306 g/mol. The summed E-state index contributed by atoms with van der Waals surface area (Å²) >= 11 is 5.99. The molecule has 6 heteroatoms. The summed E-state index contributed by atoms with van der Waals surface area (Å²) < 4.78 is 27.7. The molecule has 0 saturated carbocycles. The van der Waals surface area contributed by atoms with Gasteiger partial charge in [0.05, 0.1) is 5.75 Å². The van der Waals surface area contributed by atoms with E-state index in [1.807, 2.05) is 19.9 Å². The minimum absolute atomic E-state index is 0.00462. The summed E-state index contributed by atoms with van der Waals surface area (Å²) in [7, 11) is -3.01. The summed E-state index contributed by atoms with van der Waals surface area (Å²) in [4.78, 5) is 0. The third-order valence-electron chi connectivity index (χ3n) is 2.66. The SMILES string of the molecule is CCNC(C)c1cc(Cl)ccc1OCCS(C)(=O)=O. The highest BCUT2D eigenvalue weighted by molar-refractivity contribution is 7.90. The van der Waals surface area contributed by atoms with Gasteiger partial charge in [-0.3, -0.25) is 0 Å². The summed E-state index contributed by atoms with van der Waals surface area (Å²) in [5.74, 6) is 0.673. The molecule has 0 saturated heterocycles. The van der Waals surface area contributed by atoms with Crippen molar-refractivity contribution in [2.45, 2.75) is 19.9 Å². The van der Waals surface area contributed by atoms with Crippen molar-refractivity contribution in [3.05, 3.63) is 28.8 Å². The topological polar surface area (TPSA) is 55.4 Å². The molecule has 1 aromatic carbocycles. The van der Waals surface area contributed by atoms with Gasteiger partial charge in [0.15, 0.2) is 9.84 Å². The first kappa shape index (κ1) is 16.3. The Morgan fingerprint density at radius 3 is 2.68 bits per heavy atom. The van der Waals surface area contributed by atoms with E-state index in [2.05, 4.69) is 5.32 Å². The molecule has 0 aromatic heterocycles. The molecule has 0 spiro atoms. The zero-order valence-electron chi connectivity index (χ0n) is 11.4. The molecule has 1 aromatic rings. The van der Waals surface area contributed by atoms with E-state index in [0.717, 1.165) is 12.1 Å². The summed E-state index contributed by atoms with van der Waals surface area (Å²) in [6.07, 6.45) is 1.19. The zero-order chi connectivity index (χ0) is 14.5. The zero-order valence-corrected chi connectivity index (χ0v) is 13.0.